The number of likely N-dealkylation sites (N-methyl/N-ethyl adjacent to an activating group) is 7. The van der Waals surface area contributed by atoms with Crippen LogP contribution in [0.15, 0.2) is 0 Å². The highest BCUT2D eigenvalue weighted by Crippen LogP contribution is 2.25. The van der Waals surface area contributed by atoms with Gasteiger partial charge in [-0.05, 0) is 94.3 Å². The molecule has 1 aliphatic heterocycles. The first kappa shape index (κ1) is 75.1. The van der Waals surface area contributed by atoms with Crippen LogP contribution in [-0.4, -0.2) is 227 Å². The Morgan fingerprint density at radius 3 is 1.23 bits per heavy atom. The van der Waals surface area contributed by atoms with Crippen molar-refractivity contribution < 1.29 is 57.8 Å². The third-order valence-corrected chi connectivity index (χ3v) is 15.8. The van der Waals surface area contributed by atoms with E-state index in [1.807, 2.05) is 62.3 Å². The van der Waals surface area contributed by atoms with Crippen LogP contribution < -0.4 is 21.3 Å². The predicted molar refractivity (Wildman–Crippen MR) is 319 cm³/mol. The molecule has 83 heavy (non-hydrogen) atoms. The van der Waals surface area contributed by atoms with E-state index in [0.717, 1.165) is 9.80 Å². The summed E-state index contributed by atoms with van der Waals surface area (Å²) < 4.78 is 0. The Balaban J connectivity index is 4.25. The van der Waals surface area contributed by atoms with Gasteiger partial charge in [-0.2, -0.15) is 0 Å². The number of aliphatic hydroxyl groups excluding tert-OH is 1. The number of carbonyl (C=O) groups is 11. The Hall–Kier alpha value is -5.87. The van der Waals surface area contributed by atoms with E-state index in [1.165, 1.54) is 94.6 Å². The number of rotatable bonds is 14. The van der Waals surface area contributed by atoms with Gasteiger partial charge in [0.05, 0.1) is 12.6 Å². The lowest BCUT2D eigenvalue weighted by Gasteiger charge is -2.41. The molecule has 0 aromatic rings. The van der Waals surface area contributed by atoms with Crippen LogP contribution in [0.2, 0.25) is 0 Å². The molecule has 0 saturated carbocycles. The largest absolute Gasteiger partial charge is 0.390 e. The van der Waals surface area contributed by atoms with Gasteiger partial charge in [0.1, 0.15) is 60.4 Å². The quantitative estimate of drug-likeness (QED) is 0.168. The van der Waals surface area contributed by atoms with E-state index in [2.05, 4.69) is 21.3 Å². The van der Waals surface area contributed by atoms with E-state index in [9.17, 15) is 48.3 Å². The van der Waals surface area contributed by atoms with E-state index < -0.39 is 156 Å². The zero-order valence-electron chi connectivity index (χ0n) is 54.9. The van der Waals surface area contributed by atoms with E-state index in [-0.39, 0.29) is 49.4 Å². The van der Waals surface area contributed by atoms with E-state index in [4.69, 9.17) is 0 Å². The molecule has 0 aromatic heterocycles. The third-order valence-electron chi connectivity index (χ3n) is 15.8. The first-order valence-corrected chi connectivity index (χ1v) is 29.9. The van der Waals surface area contributed by atoms with Gasteiger partial charge in [0.15, 0.2) is 0 Å². The van der Waals surface area contributed by atoms with Crippen LogP contribution in [0.5, 0.6) is 0 Å². The molecule has 476 valence electrons. The summed E-state index contributed by atoms with van der Waals surface area (Å²) in [6.45, 7) is 29.2. The monoisotopic (exact) mass is 1180 g/mol. The fourth-order valence-electron chi connectivity index (χ4n) is 10.6. The van der Waals surface area contributed by atoms with Gasteiger partial charge < -0.3 is 60.7 Å². The van der Waals surface area contributed by atoms with Crippen molar-refractivity contribution in [2.45, 2.75) is 223 Å². The van der Waals surface area contributed by atoms with Crippen molar-refractivity contribution in [2.24, 2.45) is 41.4 Å². The predicted octanol–water partition coefficient (Wildman–Crippen LogP) is 2.71. The number of aliphatic hydroxyl groups is 1. The van der Waals surface area contributed by atoms with Crippen LogP contribution in [0.25, 0.3) is 0 Å². The maximum atomic E-state index is 15.0. The number of nitrogens with zero attached hydrogens (tertiary/aromatic N) is 7. The van der Waals surface area contributed by atoms with Gasteiger partial charge in [-0.25, -0.2) is 0 Å². The van der Waals surface area contributed by atoms with Gasteiger partial charge in [-0.3, -0.25) is 52.7 Å². The van der Waals surface area contributed by atoms with Crippen molar-refractivity contribution in [2.75, 3.05) is 55.9 Å². The zero-order valence-corrected chi connectivity index (χ0v) is 54.9. The molecule has 1 fully saturated rings. The van der Waals surface area contributed by atoms with Crippen LogP contribution in [0, 0.1) is 41.4 Å². The minimum Gasteiger partial charge on any atom is -0.390 e. The summed E-state index contributed by atoms with van der Waals surface area (Å²) >= 11 is 0. The van der Waals surface area contributed by atoms with Crippen LogP contribution in [0.3, 0.4) is 0 Å². The zero-order chi connectivity index (χ0) is 64.6. The molecule has 11 amide bonds. The molecular weight excluding hydrogens is 1070 g/mol. The molecule has 1 rings (SSSR count). The molecule has 0 aromatic carbocycles. The normalized spacial score (nSPS) is 27.2. The first-order chi connectivity index (χ1) is 38.2. The molecular formula is C60H109N11O12. The number of nitrogens with one attached hydrogen (secondary N) is 4. The Bertz CT molecular complexity index is 2240. The third kappa shape index (κ3) is 21.0. The van der Waals surface area contributed by atoms with Crippen molar-refractivity contribution in [1.29, 1.82) is 0 Å². The second-order valence-corrected chi connectivity index (χ2v) is 25.8. The van der Waals surface area contributed by atoms with Crippen LogP contribution >= 0.6 is 0 Å². The molecule has 1 heterocycles. The van der Waals surface area contributed by atoms with Gasteiger partial charge in [-0.15, -0.1) is 0 Å². The molecule has 1 saturated heterocycles. The summed E-state index contributed by atoms with van der Waals surface area (Å²) in [6, 6.07) is -12.3. The maximum absolute atomic E-state index is 15.0. The molecule has 23 heteroatoms. The molecule has 0 radical (unpaired) electrons. The number of hydrogen-bond acceptors (Lipinski definition) is 12. The Morgan fingerprint density at radius 2 is 0.783 bits per heavy atom. The number of carbonyl (C=O) groups excluding carboxylic acids is 11. The Morgan fingerprint density at radius 1 is 0.410 bits per heavy atom. The van der Waals surface area contributed by atoms with E-state index in [1.54, 1.807) is 34.6 Å². The molecule has 23 nitrogen and oxygen atoms in total. The molecule has 12 unspecified atom stereocenters. The fraction of sp³-hybridized carbons (Fsp3) is 0.817. The summed E-state index contributed by atoms with van der Waals surface area (Å²) in [5.41, 5.74) is 0. The van der Waals surface area contributed by atoms with Crippen LogP contribution in [-0.2, 0) is 52.7 Å². The lowest BCUT2D eigenvalue weighted by Crippen LogP contribution is -2.63. The van der Waals surface area contributed by atoms with Crippen molar-refractivity contribution in [3.63, 3.8) is 0 Å². The lowest BCUT2D eigenvalue weighted by atomic mass is 9.91. The summed E-state index contributed by atoms with van der Waals surface area (Å²) in [5, 5.41) is 22.8. The smallest absolute Gasteiger partial charge is 0.246 e. The van der Waals surface area contributed by atoms with E-state index >= 15 is 9.59 Å². The number of hydrogen-bond donors (Lipinski definition) is 5. The molecule has 1 aliphatic rings. The lowest BCUT2D eigenvalue weighted by molar-refractivity contribution is -0.157. The molecule has 5 N–H and O–H groups in total. The maximum Gasteiger partial charge on any atom is 0.246 e. The highest BCUT2D eigenvalue weighted by atomic mass is 16.3. The Kier molecular flexibility index (Phi) is 30.4. The number of amides is 11. The van der Waals surface area contributed by atoms with Gasteiger partial charge >= 0.3 is 0 Å². The Labute approximate surface area is 496 Å². The van der Waals surface area contributed by atoms with Crippen molar-refractivity contribution in [1.82, 2.24) is 55.6 Å². The van der Waals surface area contributed by atoms with Gasteiger partial charge in [0.25, 0.3) is 0 Å². The second kappa shape index (κ2) is 33.6. The molecule has 0 aliphatic carbocycles. The van der Waals surface area contributed by atoms with Gasteiger partial charge in [0, 0.05) is 49.3 Å². The summed E-state index contributed by atoms with van der Waals surface area (Å²) in [6.07, 6.45) is 0.276. The van der Waals surface area contributed by atoms with Crippen molar-refractivity contribution in [3.05, 3.63) is 0 Å². The molecule has 0 bridgehead atoms. The molecule has 12 atom stereocenters. The van der Waals surface area contributed by atoms with Crippen LogP contribution in [0.4, 0.5) is 0 Å². The highest BCUT2D eigenvalue weighted by Gasteiger charge is 2.45. The average molecular weight is 1180 g/mol. The average Bonchev–Trinajstić information content (AvgIpc) is 3.59. The summed E-state index contributed by atoms with van der Waals surface area (Å²) in [5.74, 6) is -9.59. The SMILES string of the molecule is CCCC(C)C(O)C1C(=O)NC(C)C(=O)N(C)CC(=O)N(C)C(CC(C)C)C(=O)NC(C(C)C)C(=O)N(C)C(CC(C)C)C(=O)NC(C)C(=O)NC(C)C(=O)N(C)C(CC(C)C)C(=O)N(C)C(CC(C)C)C(=O)N(C)C(C(C)C)C(=O)N1C. The van der Waals surface area contributed by atoms with Crippen molar-refractivity contribution in [3.8, 4) is 0 Å². The minimum absolute atomic E-state index is 0.127. The second-order valence-electron chi connectivity index (χ2n) is 25.8. The summed E-state index contributed by atoms with van der Waals surface area (Å²) in [7, 11) is 9.89. The fourth-order valence-corrected chi connectivity index (χ4v) is 10.6. The van der Waals surface area contributed by atoms with Gasteiger partial charge in [-0.1, -0.05) is 103 Å². The topological polar surface area (TPSA) is 279 Å². The molecule has 0 spiro atoms. The highest BCUT2D eigenvalue weighted by molar-refractivity contribution is 5.99. The van der Waals surface area contributed by atoms with Gasteiger partial charge in [0.2, 0.25) is 65.0 Å². The summed E-state index contributed by atoms with van der Waals surface area (Å²) in [4.78, 5) is 168. The van der Waals surface area contributed by atoms with E-state index in [0.29, 0.717) is 12.8 Å². The van der Waals surface area contributed by atoms with Crippen LogP contribution in [0.1, 0.15) is 156 Å². The standard InChI is InChI=1S/C60H109N11O12/c1-25-26-38(14)50(73)49-54(77)63-40(16)55(78)65(18)31-46(72)66(19)42(27-32(2)3)53(76)64-47(36(10)11)59(82)67(20)43(28-33(4)5)52(75)61-39(15)51(74)62-41(17)56(79)68(21)44(29-34(6)7)57(80)69(22)45(30-35(8)9)58(81)70(23)48(37(12)13)60(83)71(49)24/h32-45,47-50,73H,25-31H2,1-24H3,(H,61,75)(H,62,74)(H,63,77)(H,64,76). The van der Waals surface area contributed by atoms with Crippen molar-refractivity contribution >= 4 is 65.0 Å². The first-order valence-electron chi connectivity index (χ1n) is 29.9. The minimum atomic E-state index is -1.58.